The molecular weight excluding hydrogens is 420 g/mol. The molecule has 2 heterocycles. The number of hydrogen-bond donors (Lipinski definition) is 0. The molecule has 146 valence electrons. The molecule has 0 N–H and O–H groups in total. The van der Waals surface area contributed by atoms with E-state index in [9.17, 15) is 4.79 Å². The van der Waals surface area contributed by atoms with Crippen LogP contribution >= 0.6 is 34.9 Å². The molecule has 0 radical (unpaired) electrons. The highest BCUT2D eigenvalue weighted by Crippen LogP contribution is 2.29. The molecule has 0 bridgehead atoms. The summed E-state index contributed by atoms with van der Waals surface area (Å²) in [6.45, 7) is 1.81. The lowest BCUT2D eigenvalue weighted by Gasteiger charge is -2.06. The van der Waals surface area contributed by atoms with E-state index >= 15 is 0 Å². The molecule has 5 nitrogen and oxygen atoms in total. The van der Waals surface area contributed by atoms with Crippen LogP contribution in [0.25, 0.3) is 4.96 Å². The number of hydrogen-bond acceptors (Lipinski definition) is 7. The largest absolute Gasteiger partial charge is 0.275 e. The molecule has 0 fully saturated rings. The van der Waals surface area contributed by atoms with Gasteiger partial charge in [0.15, 0.2) is 0 Å². The molecule has 0 aliphatic heterocycles. The summed E-state index contributed by atoms with van der Waals surface area (Å²) >= 11 is 4.68. The molecule has 0 unspecified atom stereocenters. The molecular formula is C21H18N4OS3. The van der Waals surface area contributed by atoms with E-state index in [1.54, 1.807) is 30.4 Å². The van der Waals surface area contributed by atoms with Crippen molar-refractivity contribution >= 4 is 49.3 Å². The lowest BCUT2D eigenvalue weighted by atomic mass is 10.2. The highest BCUT2D eigenvalue weighted by Gasteiger charge is 2.10. The first-order chi connectivity index (χ1) is 14.2. The van der Waals surface area contributed by atoms with Crippen LogP contribution in [0.1, 0.15) is 16.8 Å². The summed E-state index contributed by atoms with van der Waals surface area (Å²) in [5.41, 5.74) is 2.98. The second-order valence-corrected chi connectivity index (χ2v) is 9.36. The van der Waals surface area contributed by atoms with Crippen LogP contribution in [-0.2, 0) is 11.5 Å². The van der Waals surface area contributed by atoms with E-state index in [2.05, 4.69) is 34.3 Å². The van der Waals surface area contributed by atoms with Crippen LogP contribution in [0.2, 0.25) is 0 Å². The predicted molar refractivity (Wildman–Crippen MR) is 124 cm³/mol. The van der Waals surface area contributed by atoms with E-state index in [1.165, 1.54) is 33.0 Å². The van der Waals surface area contributed by atoms with Gasteiger partial charge in [0.1, 0.15) is 4.38 Å². The minimum Gasteiger partial charge on any atom is -0.267 e. The van der Waals surface area contributed by atoms with Gasteiger partial charge < -0.3 is 0 Å². The van der Waals surface area contributed by atoms with E-state index in [0.29, 0.717) is 15.8 Å². The molecule has 0 atom stereocenters. The summed E-state index contributed by atoms with van der Waals surface area (Å²) in [7, 11) is 0. The van der Waals surface area contributed by atoms with Gasteiger partial charge in [-0.3, -0.25) is 4.79 Å². The average molecular weight is 439 g/mol. The minimum absolute atomic E-state index is 0.180. The molecule has 0 aliphatic rings. The van der Waals surface area contributed by atoms with Gasteiger partial charge in [0.2, 0.25) is 10.1 Å². The Morgan fingerprint density at radius 1 is 1.00 bits per heavy atom. The Morgan fingerprint density at radius 3 is 2.17 bits per heavy atom. The van der Waals surface area contributed by atoms with Gasteiger partial charge in [-0.1, -0.05) is 95.5 Å². The van der Waals surface area contributed by atoms with Crippen LogP contribution in [0.4, 0.5) is 5.13 Å². The molecule has 2 aromatic heterocycles. The molecule has 8 heteroatoms. The van der Waals surface area contributed by atoms with Gasteiger partial charge in [0.05, 0.1) is 0 Å². The van der Waals surface area contributed by atoms with E-state index in [1.807, 2.05) is 36.4 Å². The third-order valence-electron chi connectivity index (χ3n) is 3.96. The molecule has 4 rings (SSSR count). The molecule has 0 saturated carbocycles. The van der Waals surface area contributed by atoms with Crippen LogP contribution in [0.15, 0.2) is 76.5 Å². The summed E-state index contributed by atoms with van der Waals surface area (Å²) in [4.78, 5) is 21.8. The third-order valence-corrected chi connectivity index (χ3v) is 7.10. The van der Waals surface area contributed by atoms with Crippen LogP contribution in [0, 0.1) is 6.92 Å². The Morgan fingerprint density at radius 2 is 1.59 bits per heavy atom. The van der Waals surface area contributed by atoms with Gasteiger partial charge in [0.25, 0.3) is 5.56 Å². The van der Waals surface area contributed by atoms with Crippen molar-refractivity contribution in [3.8, 4) is 0 Å². The van der Waals surface area contributed by atoms with Crippen molar-refractivity contribution in [2.24, 2.45) is 4.99 Å². The monoisotopic (exact) mass is 438 g/mol. The second-order valence-electron chi connectivity index (χ2n) is 6.24. The fourth-order valence-electron chi connectivity index (χ4n) is 2.58. The second kappa shape index (κ2) is 9.39. The molecule has 0 aliphatic carbocycles. The first kappa shape index (κ1) is 19.9. The first-order valence-corrected chi connectivity index (χ1v) is 11.8. The third kappa shape index (κ3) is 5.35. The smallest absolute Gasteiger partial charge is 0.267 e. The Hall–Kier alpha value is -2.42. The maximum Gasteiger partial charge on any atom is 0.275 e. The first-order valence-electron chi connectivity index (χ1n) is 8.97. The maximum atomic E-state index is 12.1. The van der Waals surface area contributed by atoms with E-state index in [0.717, 1.165) is 15.9 Å². The normalized spacial score (nSPS) is 10.9. The Bertz CT molecular complexity index is 1140. The summed E-state index contributed by atoms with van der Waals surface area (Å²) in [5.74, 6) is 1.65. The van der Waals surface area contributed by atoms with Gasteiger partial charge in [0, 0.05) is 23.3 Å². The fraction of sp³-hybridized carbons (Fsp3) is 0.143. The van der Waals surface area contributed by atoms with Gasteiger partial charge in [-0.05, 0) is 18.1 Å². The molecule has 4 aromatic rings. The Kier molecular flexibility index (Phi) is 6.43. The Labute approximate surface area is 180 Å². The number of fused-ring (bicyclic) bond motifs is 1. The standard InChI is InChI=1S/C21H18N4OS3/c1-15-12-18(26)25-20(22-15)29-19(24-25)23-21(27-13-16-8-4-2-5-9-16)28-14-17-10-6-3-7-11-17/h2-12H,13-14H2,1H3. The topological polar surface area (TPSA) is 59.6 Å². The summed E-state index contributed by atoms with van der Waals surface area (Å²) < 4.78 is 2.24. The van der Waals surface area contributed by atoms with Gasteiger partial charge >= 0.3 is 0 Å². The predicted octanol–water partition coefficient (Wildman–Crippen LogP) is 5.31. The fourth-order valence-corrected chi connectivity index (χ4v) is 5.48. The minimum atomic E-state index is -0.180. The number of rotatable bonds is 5. The summed E-state index contributed by atoms with van der Waals surface area (Å²) in [5, 5.41) is 4.89. The maximum absolute atomic E-state index is 12.1. The van der Waals surface area contributed by atoms with E-state index < -0.39 is 0 Å². The molecule has 0 saturated heterocycles. The molecule has 2 aromatic carbocycles. The van der Waals surface area contributed by atoms with Crippen LogP contribution in [0.3, 0.4) is 0 Å². The van der Waals surface area contributed by atoms with Crippen LogP contribution in [0.5, 0.6) is 0 Å². The highest BCUT2D eigenvalue weighted by molar-refractivity contribution is 8.38. The number of aryl methyl sites for hydroxylation is 1. The zero-order valence-electron chi connectivity index (χ0n) is 15.7. The Balaban J connectivity index is 1.59. The van der Waals surface area contributed by atoms with Crippen molar-refractivity contribution in [2.75, 3.05) is 0 Å². The van der Waals surface area contributed by atoms with Crippen molar-refractivity contribution in [1.29, 1.82) is 0 Å². The molecule has 29 heavy (non-hydrogen) atoms. The summed E-state index contributed by atoms with van der Waals surface area (Å²) in [6, 6.07) is 22.1. The van der Waals surface area contributed by atoms with Crippen molar-refractivity contribution < 1.29 is 0 Å². The van der Waals surface area contributed by atoms with Crippen molar-refractivity contribution in [1.82, 2.24) is 14.6 Å². The number of aromatic nitrogens is 3. The van der Waals surface area contributed by atoms with Crippen molar-refractivity contribution in [2.45, 2.75) is 18.4 Å². The zero-order chi connectivity index (χ0) is 20.1. The molecule has 0 amide bonds. The van der Waals surface area contributed by atoms with Crippen molar-refractivity contribution in [3.63, 3.8) is 0 Å². The van der Waals surface area contributed by atoms with Crippen molar-refractivity contribution in [3.05, 3.63) is 93.9 Å². The van der Waals surface area contributed by atoms with E-state index in [-0.39, 0.29) is 5.56 Å². The molecule has 0 spiro atoms. The lowest BCUT2D eigenvalue weighted by Crippen LogP contribution is -2.13. The zero-order valence-corrected chi connectivity index (χ0v) is 18.1. The van der Waals surface area contributed by atoms with Gasteiger partial charge in [-0.15, -0.1) is 5.10 Å². The van der Waals surface area contributed by atoms with Gasteiger partial charge in [-0.25, -0.2) is 9.98 Å². The lowest BCUT2D eigenvalue weighted by molar-refractivity contribution is 0.890. The SMILES string of the molecule is Cc1cc(=O)n2nc(N=C(SCc3ccccc3)SCc3ccccc3)sc2n1. The van der Waals surface area contributed by atoms with Gasteiger partial charge in [-0.2, -0.15) is 4.52 Å². The number of aliphatic imine (C=N–C) groups is 1. The average Bonchev–Trinajstić information content (AvgIpc) is 3.14. The van der Waals surface area contributed by atoms with Crippen LogP contribution < -0.4 is 5.56 Å². The number of benzene rings is 2. The summed E-state index contributed by atoms with van der Waals surface area (Å²) in [6.07, 6.45) is 0. The highest BCUT2D eigenvalue weighted by atomic mass is 32.2. The number of thioether (sulfide) groups is 2. The quantitative estimate of drug-likeness (QED) is 0.312. The van der Waals surface area contributed by atoms with Crippen LogP contribution in [-0.4, -0.2) is 19.0 Å². The number of nitrogens with zero attached hydrogens (tertiary/aromatic N) is 4. The van der Waals surface area contributed by atoms with E-state index in [4.69, 9.17) is 4.99 Å².